The van der Waals surface area contributed by atoms with E-state index in [2.05, 4.69) is 36.1 Å². The van der Waals surface area contributed by atoms with Crippen LogP contribution in [0.15, 0.2) is 94.4 Å². The van der Waals surface area contributed by atoms with Crippen LogP contribution >= 0.6 is 0 Å². The van der Waals surface area contributed by atoms with Crippen LogP contribution in [0.2, 0.25) is 0 Å². The van der Waals surface area contributed by atoms with Crippen molar-refractivity contribution in [2.75, 3.05) is 23.2 Å². The molecule has 0 amide bonds. The number of non-ortho nitro benzene ring substituents is 2. The van der Waals surface area contributed by atoms with Gasteiger partial charge in [0.05, 0.1) is 23.2 Å². The van der Waals surface area contributed by atoms with Gasteiger partial charge in [-0.1, -0.05) is 12.1 Å². The molecule has 15 nitrogen and oxygen atoms in total. The van der Waals surface area contributed by atoms with E-state index >= 15 is 0 Å². The van der Waals surface area contributed by atoms with E-state index in [1.807, 2.05) is 0 Å². The average molecular weight is 568 g/mol. The van der Waals surface area contributed by atoms with Crippen LogP contribution in [0.1, 0.15) is 5.76 Å². The summed E-state index contributed by atoms with van der Waals surface area (Å²) in [6.45, 7) is 0. The summed E-state index contributed by atoms with van der Waals surface area (Å²) in [6, 6.07) is 22.3. The number of ether oxygens (including phenoxy) is 1. The molecule has 0 aliphatic carbocycles. The Morgan fingerprint density at radius 1 is 0.786 bits per heavy atom. The van der Waals surface area contributed by atoms with Crippen LogP contribution in [0.3, 0.4) is 0 Å². The zero-order valence-electron chi connectivity index (χ0n) is 21.8. The summed E-state index contributed by atoms with van der Waals surface area (Å²) in [4.78, 5) is 34.1. The maximum absolute atomic E-state index is 11.1. The van der Waals surface area contributed by atoms with Crippen LogP contribution in [0, 0.1) is 20.2 Å². The highest BCUT2D eigenvalue weighted by atomic mass is 16.6. The lowest BCUT2D eigenvalue weighted by Crippen LogP contribution is -2.07. The molecule has 0 saturated heterocycles. The number of hydrazone groups is 1. The van der Waals surface area contributed by atoms with Crippen molar-refractivity contribution >= 4 is 46.8 Å². The van der Waals surface area contributed by atoms with Crippen molar-refractivity contribution in [1.29, 1.82) is 0 Å². The number of furan rings is 1. The Morgan fingerprint density at radius 3 is 2.02 bits per heavy atom. The molecule has 15 heteroatoms. The smallest absolute Gasteiger partial charge is 0.270 e. The molecule has 5 aromatic rings. The maximum Gasteiger partial charge on any atom is 0.270 e. The number of nitro benzene ring substituents is 2. The van der Waals surface area contributed by atoms with Gasteiger partial charge in [0.15, 0.2) is 0 Å². The van der Waals surface area contributed by atoms with E-state index in [-0.39, 0.29) is 29.2 Å². The fraction of sp³-hybridized carbons (Fsp3) is 0.0370. The van der Waals surface area contributed by atoms with Gasteiger partial charge in [-0.15, -0.1) is 0 Å². The van der Waals surface area contributed by atoms with Gasteiger partial charge in [-0.05, 0) is 48.5 Å². The Morgan fingerprint density at radius 2 is 1.40 bits per heavy atom. The highest BCUT2D eigenvalue weighted by molar-refractivity contribution is 5.78. The van der Waals surface area contributed by atoms with E-state index < -0.39 is 9.85 Å². The van der Waals surface area contributed by atoms with Gasteiger partial charge >= 0.3 is 0 Å². The van der Waals surface area contributed by atoms with Crippen molar-refractivity contribution in [3.63, 3.8) is 0 Å². The minimum Gasteiger partial charge on any atom is -0.497 e. The number of nitro groups is 2. The molecule has 0 spiro atoms. The number of rotatable bonds is 11. The molecule has 0 unspecified atom stereocenters. The number of nitrogens with zero attached hydrogens (tertiary/aromatic N) is 6. The van der Waals surface area contributed by atoms with Gasteiger partial charge in [0, 0.05) is 41.2 Å². The van der Waals surface area contributed by atoms with Crippen LogP contribution in [0.25, 0.3) is 11.3 Å². The summed E-state index contributed by atoms with van der Waals surface area (Å²) in [5.74, 6) is 1.88. The Labute approximate surface area is 237 Å². The van der Waals surface area contributed by atoms with Crippen molar-refractivity contribution in [2.45, 2.75) is 0 Å². The van der Waals surface area contributed by atoms with E-state index in [0.29, 0.717) is 34.2 Å². The summed E-state index contributed by atoms with van der Waals surface area (Å²) in [5, 5.41) is 32.3. The zero-order valence-corrected chi connectivity index (χ0v) is 21.8. The fourth-order valence-corrected chi connectivity index (χ4v) is 3.64. The van der Waals surface area contributed by atoms with Crippen molar-refractivity contribution in [2.24, 2.45) is 5.10 Å². The molecule has 0 aliphatic heterocycles. The molecule has 3 N–H and O–H groups in total. The predicted molar refractivity (Wildman–Crippen MR) is 154 cm³/mol. The number of anilines is 5. The molecular weight excluding hydrogens is 546 g/mol. The quantitative estimate of drug-likeness (QED) is 0.0973. The van der Waals surface area contributed by atoms with E-state index in [9.17, 15) is 20.2 Å². The van der Waals surface area contributed by atoms with Gasteiger partial charge in [-0.25, -0.2) is 5.43 Å². The van der Waals surface area contributed by atoms with Crippen LogP contribution in [0.4, 0.5) is 40.6 Å². The lowest BCUT2D eigenvalue weighted by atomic mass is 10.1. The van der Waals surface area contributed by atoms with Crippen molar-refractivity contribution < 1.29 is 19.0 Å². The highest BCUT2D eigenvalue weighted by Crippen LogP contribution is 2.26. The Kier molecular flexibility index (Phi) is 7.90. The first-order valence-electron chi connectivity index (χ1n) is 12.2. The number of aromatic nitrogens is 3. The molecule has 0 radical (unpaired) electrons. The molecule has 42 heavy (non-hydrogen) atoms. The SMILES string of the molecule is COc1ccc(Nc2nc(N/N=C/c3ccc(-c4cccc([N+](=O)[O-])c4)o3)nc(Nc3ccc([N+](=O)[O-])cc3)n2)cc1. The first kappa shape index (κ1) is 27.2. The van der Waals surface area contributed by atoms with Crippen molar-refractivity contribution in [3.05, 3.63) is 111 Å². The third kappa shape index (κ3) is 6.78. The average Bonchev–Trinajstić information content (AvgIpc) is 3.47. The van der Waals surface area contributed by atoms with Gasteiger partial charge in [-0.3, -0.25) is 20.2 Å². The number of hydrogen-bond acceptors (Lipinski definition) is 13. The van der Waals surface area contributed by atoms with Crippen LogP contribution in [-0.2, 0) is 0 Å². The minimum atomic E-state index is -0.491. The summed E-state index contributed by atoms with van der Waals surface area (Å²) in [7, 11) is 1.57. The largest absolute Gasteiger partial charge is 0.497 e. The molecule has 5 rings (SSSR count). The van der Waals surface area contributed by atoms with E-state index in [1.165, 1.54) is 42.6 Å². The molecule has 0 fully saturated rings. The second kappa shape index (κ2) is 12.2. The van der Waals surface area contributed by atoms with E-state index in [1.54, 1.807) is 55.6 Å². The van der Waals surface area contributed by atoms with Crippen LogP contribution in [0.5, 0.6) is 5.75 Å². The third-order valence-corrected chi connectivity index (χ3v) is 5.64. The van der Waals surface area contributed by atoms with Crippen LogP contribution < -0.4 is 20.8 Å². The monoisotopic (exact) mass is 567 g/mol. The standard InChI is InChI=1S/C27H21N9O6/c1-41-22-11-7-19(8-12-22)30-26-31-25(29-18-5-9-20(10-6-18)35(37)38)32-27(33-26)34-28-16-23-13-14-24(42-23)17-3-2-4-21(15-17)36(39)40/h2-16H,1H3,(H3,29,30,31,32,33,34)/b28-16+. The molecule has 210 valence electrons. The normalized spacial score (nSPS) is 10.8. The van der Waals surface area contributed by atoms with Crippen molar-refractivity contribution in [1.82, 2.24) is 15.0 Å². The van der Waals surface area contributed by atoms with E-state index in [4.69, 9.17) is 9.15 Å². The van der Waals surface area contributed by atoms with Gasteiger partial charge in [0.1, 0.15) is 17.3 Å². The molecule has 0 bridgehead atoms. The first-order valence-corrected chi connectivity index (χ1v) is 12.2. The lowest BCUT2D eigenvalue weighted by Gasteiger charge is -2.10. The molecule has 0 saturated carbocycles. The molecule has 0 atom stereocenters. The van der Waals surface area contributed by atoms with Gasteiger partial charge < -0.3 is 19.8 Å². The predicted octanol–water partition coefficient (Wildman–Crippen LogP) is 5.89. The number of benzene rings is 3. The first-order chi connectivity index (χ1) is 20.4. The zero-order chi connectivity index (χ0) is 29.5. The van der Waals surface area contributed by atoms with Gasteiger partial charge in [0.25, 0.3) is 11.4 Å². The number of nitrogens with one attached hydrogen (secondary N) is 3. The minimum absolute atomic E-state index is 0.0483. The second-order valence-corrected chi connectivity index (χ2v) is 8.47. The lowest BCUT2D eigenvalue weighted by molar-refractivity contribution is -0.385. The molecule has 3 aromatic carbocycles. The number of hydrogen-bond donors (Lipinski definition) is 3. The Bertz CT molecular complexity index is 1760. The molecule has 2 heterocycles. The van der Waals surface area contributed by atoms with Gasteiger partial charge in [0.2, 0.25) is 17.8 Å². The fourth-order valence-electron chi connectivity index (χ4n) is 3.64. The van der Waals surface area contributed by atoms with Crippen LogP contribution in [-0.4, -0.2) is 38.1 Å². The highest BCUT2D eigenvalue weighted by Gasteiger charge is 2.11. The third-order valence-electron chi connectivity index (χ3n) is 5.64. The second-order valence-electron chi connectivity index (χ2n) is 8.47. The maximum atomic E-state index is 11.1. The topological polar surface area (TPSA) is 196 Å². The summed E-state index contributed by atoms with van der Waals surface area (Å²) in [6.07, 6.45) is 1.39. The molecular formula is C27H21N9O6. The number of methoxy groups -OCH3 is 1. The van der Waals surface area contributed by atoms with Gasteiger partial charge in [-0.2, -0.15) is 20.1 Å². The summed E-state index contributed by atoms with van der Waals surface area (Å²) >= 11 is 0. The molecule has 2 aromatic heterocycles. The summed E-state index contributed by atoms with van der Waals surface area (Å²) in [5.41, 5.74) is 4.37. The molecule has 0 aliphatic rings. The van der Waals surface area contributed by atoms with Crippen molar-refractivity contribution in [3.8, 4) is 17.1 Å². The Balaban J connectivity index is 1.35. The summed E-state index contributed by atoms with van der Waals surface area (Å²) < 4.78 is 10.9. The Hall–Kier alpha value is -6.38. The van der Waals surface area contributed by atoms with E-state index in [0.717, 1.165) is 0 Å².